The Morgan fingerprint density at radius 3 is 2.23 bits per heavy atom. The van der Waals surface area contributed by atoms with E-state index < -0.39 is 17.6 Å². The topological polar surface area (TPSA) is 45.2 Å². The molecule has 3 aromatic rings. The van der Waals surface area contributed by atoms with E-state index in [0.717, 1.165) is 19.2 Å². The monoisotopic (exact) mass is 365 g/mol. The summed E-state index contributed by atoms with van der Waals surface area (Å²) < 4.78 is 53.7. The van der Waals surface area contributed by atoms with E-state index in [2.05, 4.69) is 19.9 Å². The number of rotatable bonds is 1. The fraction of sp³-hybridized carbons (Fsp3) is 0.353. The third-order valence-corrected chi connectivity index (χ3v) is 4.58. The normalized spacial score (nSPS) is 16.6. The van der Waals surface area contributed by atoms with Gasteiger partial charge in [0, 0.05) is 44.0 Å². The summed E-state index contributed by atoms with van der Waals surface area (Å²) in [5.41, 5.74) is -0.594. The number of piperazine rings is 1. The molecule has 5 nitrogen and oxygen atoms in total. The van der Waals surface area contributed by atoms with Crippen LogP contribution < -0.4 is 4.90 Å². The highest BCUT2D eigenvalue weighted by Crippen LogP contribution is 2.36. The fourth-order valence-corrected chi connectivity index (χ4v) is 3.15. The van der Waals surface area contributed by atoms with Gasteiger partial charge in [-0.1, -0.05) is 0 Å². The minimum absolute atomic E-state index is 0.0123. The van der Waals surface area contributed by atoms with Crippen molar-refractivity contribution in [1.29, 1.82) is 0 Å². The van der Waals surface area contributed by atoms with Crippen molar-refractivity contribution in [1.82, 2.24) is 19.9 Å². The van der Waals surface area contributed by atoms with Crippen LogP contribution in [0.4, 0.5) is 23.4 Å². The molecule has 0 spiro atoms. The van der Waals surface area contributed by atoms with Crippen molar-refractivity contribution >= 4 is 27.8 Å². The average Bonchev–Trinajstić information content (AvgIpc) is 2.61. The molecule has 0 radical (unpaired) electrons. The average molecular weight is 365 g/mol. The van der Waals surface area contributed by atoms with Gasteiger partial charge in [-0.2, -0.15) is 13.2 Å². The fourth-order valence-electron chi connectivity index (χ4n) is 3.15. The molecule has 9 heteroatoms. The first-order chi connectivity index (χ1) is 12.3. The standard InChI is InChI=1S/C17H15F4N5/c1-25-4-6-26(7-5-25)16-15-14(22-2-3-23-15)11-8-10(17(19,20)21)9-12(18)13(11)24-16/h2-3,8-9H,4-7H2,1H3. The van der Waals surface area contributed by atoms with Gasteiger partial charge in [-0.15, -0.1) is 0 Å². The molecule has 1 fully saturated rings. The molecule has 26 heavy (non-hydrogen) atoms. The van der Waals surface area contributed by atoms with Gasteiger partial charge in [0.2, 0.25) is 0 Å². The molecular weight excluding hydrogens is 350 g/mol. The lowest BCUT2D eigenvalue weighted by atomic mass is 10.1. The zero-order chi connectivity index (χ0) is 18.5. The Bertz CT molecular complexity index is 980. The van der Waals surface area contributed by atoms with Crippen LogP contribution in [0.5, 0.6) is 0 Å². The summed E-state index contributed by atoms with van der Waals surface area (Å²) in [5.74, 6) is -0.565. The number of hydrogen-bond donors (Lipinski definition) is 0. The van der Waals surface area contributed by atoms with Gasteiger partial charge >= 0.3 is 6.18 Å². The molecule has 1 saturated heterocycles. The molecule has 0 aliphatic carbocycles. The van der Waals surface area contributed by atoms with Crippen LogP contribution in [0.2, 0.25) is 0 Å². The van der Waals surface area contributed by atoms with E-state index in [-0.39, 0.29) is 16.4 Å². The van der Waals surface area contributed by atoms with Crippen molar-refractivity contribution in [2.75, 3.05) is 38.1 Å². The van der Waals surface area contributed by atoms with E-state index >= 15 is 0 Å². The van der Waals surface area contributed by atoms with Crippen LogP contribution in [0, 0.1) is 5.82 Å². The molecule has 1 aromatic carbocycles. The number of anilines is 1. The van der Waals surface area contributed by atoms with Crippen molar-refractivity contribution in [2.45, 2.75) is 6.18 Å². The summed E-state index contributed by atoms with van der Waals surface area (Å²) in [6, 6.07) is 1.36. The summed E-state index contributed by atoms with van der Waals surface area (Å²) in [5, 5.41) is 0.0123. The van der Waals surface area contributed by atoms with E-state index in [0.29, 0.717) is 30.5 Å². The van der Waals surface area contributed by atoms with Gasteiger partial charge in [0.15, 0.2) is 5.82 Å². The zero-order valence-electron chi connectivity index (χ0n) is 13.9. The molecule has 1 aliphatic heterocycles. The minimum atomic E-state index is -4.65. The summed E-state index contributed by atoms with van der Waals surface area (Å²) in [7, 11) is 2.00. The number of aromatic nitrogens is 3. The van der Waals surface area contributed by atoms with Gasteiger partial charge in [-0.05, 0) is 19.2 Å². The Hall–Kier alpha value is -2.55. The maximum atomic E-state index is 14.5. The lowest BCUT2D eigenvalue weighted by Gasteiger charge is -2.33. The third-order valence-electron chi connectivity index (χ3n) is 4.58. The number of alkyl halides is 3. The molecular formula is C17H15F4N5. The van der Waals surface area contributed by atoms with Crippen LogP contribution in [0.25, 0.3) is 21.9 Å². The Morgan fingerprint density at radius 1 is 0.923 bits per heavy atom. The first-order valence-corrected chi connectivity index (χ1v) is 8.09. The summed E-state index contributed by atoms with van der Waals surface area (Å²) in [6.07, 6.45) is -1.81. The minimum Gasteiger partial charge on any atom is -0.352 e. The maximum Gasteiger partial charge on any atom is 0.416 e. The molecule has 0 amide bonds. The summed E-state index contributed by atoms with van der Waals surface area (Å²) in [6.45, 7) is 2.94. The first kappa shape index (κ1) is 16.9. The van der Waals surface area contributed by atoms with Gasteiger partial charge < -0.3 is 9.80 Å². The zero-order valence-corrected chi connectivity index (χ0v) is 13.9. The van der Waals surface area contributed by atoms with Crippen LogP contribution in [-0.4, -0.2) is 53.1 Å². The third kappa shape index (κ3) is 2.82. The second kappa shape index (κ2) is 6.01. The molecule has 2 aromatic heterocycles. The number of pyridine rings is 1. The second-order valence-corrected chi connectivity index (χ2v) is 6.33. The molecule has 0 N–H and O–H groups in total. The van der Waals surface area contributed by atoms with Gasteiger partial charge in [0.1, 0.15) is 22.4 Å². The SMILES string of the molecule is CN1CCN(c2nc3c(F)cc(C(F)(F)F)cc3c3nccnc23)CC1. The molecule has 0 atom stereocenters. The largest absolute Gasteiger partial charge is 0.416 e. The smallest absolute Gasteiger partial charge is 0.352 e. The number of benzene rings is 1. The van der Waals surface area contributed by atoms with Crippen molar-refractivity contribution in [2.24, 2.45) is 0 Å². The Kier molecular flexibility index (Phi) is 3.91. The Morgan fingerprint density at radius 2 is 1.58 bits per heavy atom. The van der Waals surface area contributed by atoms with Gasteiger partial charge in [0.25, 0.3) is 0 Å². The van der Waals surface area contributed by atoms with Crippen molar-refractivity contribution in [3.05, 3.63) is 35.9 Å². The van der Waals surface area contributed by atoms with E-state index in [1.807, 2.05) is 11.9 Å². The van der Waals surface area contributed by atoms with Crippen molar-refractivity contribution < 1.29 is 17.6 Å². The van der Waals surface area contributed by atoms with E-state index in [1.54, 1.807) is 0 Å². The lowest BCUT2D eigenvalue weighted by molar-refractivity contribution is -0.137. The number of likely N-dealkylation sites (N-methyl/N-ethyl adjacent to an activating group) is 1. The quantitative estimate of drug-likeness (QED) is 0.490. The molecule has 3 heterocycles. The highest BCUT2D eigenvalue weighted by Gasteiger charge is 2.32. The van der Waals surface area contributed by atoms with Crippen LogP contribution in [0.15, 0.2) is 24.5 Å². The second-order valence-electron chi connectivity index (χ2n) is 6.33. The number of fused-ring (bicyclic) bond motifs is 3. The number of halogens is 4. The summed E-state index contributed by atoms with van der Waals surface area (Å²) in [4.78, 5) is 16.9. The molecule has 0 bridgehead atoms. The highest BCUT2D eigenvalue weighted by molar-refractivity contribution is 6.06. The predicted octanol–water partition coefficient (Wildman–Crippen LogP) is 3.09. The highest BCUT2D eigenvalue weighted by atomic mass is 19.4. The number of nitrogens with zero attached hydrogens (tertiary/aromatic N) is 5. The van der Waals surface area contributed by atoms with Gasteiger partial charge in [-0.25, -0.2) is 14.4 Å². The van der Waals surface area contributed by atoms with Crippen molar-refractivity contribution in [3.8, 4) is 0 Å². The van der Waals surface area contributed by atoms with E-state index in [4.69, 9.17) is 0 Å². The Labute approximate surface area is 146 Å². The number of hydrogen-bond acceptors (Lipinski definition) is 5. The van der Waals surface area contributed by atoms with Crippen LogP contribution in [0.1, 0.15) is 5.56 Å². The van der Waals surface area contributed by atoms with Crippen molar-refractivity contribution in [3.63, 3.8) is 0 Å². The molecule has 0 unspecified atom stereocenters. The lowest BCUT2D eigenvalue weighted by Crippen LogP contribution is -2.45. The summed E-state index contributed by atoms with van der Waals surface area (Å²) >= 11 is 0. The Balaban J connectivity index is 1.98. The maximum absolute atomic E-state index is 14.5. The van der Waals surface area contributed by atoms with Gasteiger partial charge in [-0.3, -0.25) is 4.98 Å². The molecule has 1 aliphatic rings. The predicted molar refractivity (Wildman–Crippen MR) is 89.5 cm³/mol. The molecule has 4 rings (SSSR count). The van der Waals surface area contributed by atoms with Crippen LogP contribution >= 0.6 is 0 Å². The van der Waals surface area contributed by atoms with E-state index in [9.17, 15) is 17.6 Å². The van der Waals surface area contributed by atoms with Crippen LogP contribution in [0.3, 0.4) is 0 Å². The van der Waals surface area contributed by atoms with Gasteiger partial charge in [0.05, 0.1) is 5.56 Å². The molecule has 136 valence electrons. The first-order valence-electron chi connectivity index (χ1n) is 8.09. The molecule has 0 saturated carbocycles. The van der Waals surface area contributed by atoms with E-state index in [1.165, 1.54) is 12.4 Å². The van der Waals surface area contributed by atoms with Crippen LogP contribution in [-0.2, 0) is 6.18 Å².